The zero-order valence-electron chi connectivity index (χ0n) is 21.4. The number of oxime groups is 1. The van der Waals surface area contributed by atoms with Crippen molar-refractivity contribution >= 4 is 57.6 Å². The number of nitrogens with one attached hydrogen (secondary N) is 1. The molecule has 37 heavy (non-hydrogen) atoms. The molecular formula is C22H29N6NaO6S2. The van der Waals surface area contributed by atoms with E-state index in [1.165, 1.54) is 16.7 Å². The van der Waals surface area contributed by atoms with Crippen LogP contribution in [0.1, 0.15) is 45.2 Å². The number of hydrogen-bond acceptors (Lipinski definition) is 11. The first-order valence-corrected chi connectivity index (χ1v) is 13.3. The van der Waals surface area contributed by atoms with E-state index in [9.17, 15) is 24.3 Å². The molecule has 196 valence electrons. The number of carboxylic acids is 1. The zero-order valence-corrected chi connectivity index (χ0v) is 25.1. The van der Waals surface area contributed by atoms with Crippen molar-refractivity contribution in [2.75, 3.05) is 19.8 Å². The number of nitrogens with zero attached hydrogens (tertiary/aromatic N) is 4. The number of aliphatic carboxylic acids is 1. The first kappa shape index (κ1) is 29.7. The Kier molecular flexibility index (Phi) is 9.21. The fourth-order valence-electron chi connectivity index (χ4n) is 4.84. The quantitative estimate of drug-likeness (QED) is 0.148. The molecule has 3 heterocycles. The number of carbonyl (C=O) groups excluding carboxylic acids is 4. The second kappa shape index (κ2) is 11.5. The summed E-state index contributed by atoms with van der Waals surface area (Å²) in [6, 6.07) is -2.00. The normalized spacial score (nSPS) is 28.4. The van der Waals surface area contributed by atoms with Gasteiger partial charge in [-0.05, 0) is 39.5 Å². The van der Waals surface area contributed by atoms with E-state index >= 15 is 0 Å². The van der Waals surface area contributed by atoms with Crippen molar-refractivity contribution in [2.45, 2.75) is 67.8 Å². The zero-order chi connectivity index (χ0) is 26.4. The summed E-state index contributed by atoms with van der Waals surface area (Å²) in [6.07, 6.45) is 2.25. The van der Waals surface area contributed by atoms with Crippen LogP contribution >= 0.6 is 23.1 Å². The van der Waals surface area contributed by atoms with Crippen molar-refractivity contribution in [1.29, 1.82) is 0 Å². The molecular weight excluding hydrogens is 531 g/mol. The van der Waals surface area contributed by atoms with Crippen LogP contribution in [0.25, 0.3) is 0 Å². The maximum Gasteiger partial charge on any atom is 1.00 e. The number of carboxylic acid groups (broad SMARTS) is 1. The molecule has 1 saturated carbocycles. The second-order valence-electron chi connectivity index (χ2n) is 9.85. The number of anilines is 1. The minimum Gasteiger partial charge on any atom is -0.548 e. The Bertz CT molecular complexity index is 1100. The molecule has 0 spiro atoms. The van der Waals surface area contributed by atoms with Gasteiger partial charge in [0.1, 0.15) is 23.2 Å². The van der Waals surface area contributed by atoms with Gasteiger partial charge in [-0.3, -0.25) is 14.4 Å². The van der Waals surface area contributed by atoms with E-state index in [2.05, 4.69) is 15.5 Å². The van der Waals surface area contributed by atoms with Gasteiger partial charge in [-0.2, -0.15) is 0 Å². The molecule has 1 aromatic heterocycles. The van der Waals surface area contributed by atoms with Crippen LogP contribution in [0.5, 0.6) is 0 Å². The van der Waals surface area contributed by atoms with Gasteiger partial charge in [0.15, 0.2) is 10.8 Å². The molecule has 3 atom stereocenters. The Labute approximate surface area is 245 Å². The number of amides is 3. The SMILES string of the molecule is CN(C)C(=O)[C@H]1CC[C@H](O/N=C(\C(=O)N[C@H]2C(=O)N3[C@@H]2SC(C)(C)[C@@H]3C(=O)[O-])c2csc(N)n2)CC1.[Na+]. The molecule has 0 radical (unpaired) electrons. The molecule has 2 saturated heterocycles. The van der Waals surface area contributed by atoms with Crippen LogP contribution in [0.15, 0.2) is 10.5 Å². The Morgan fingerprint density at radius 2 is 1.92 bits per heavy atom. The van der Waals surface area contributed by atoms with E-state index in [-0.39, 0.29) is 64.0 Å². The van der Waals surface area contributed by atoms with Crippen molar-refractivity contribution < 1.29 is 58.7 Å². The van der Waals surface area contributed by atoms with E-state index in [1.54, 1.807) is 38.2 Å². The minimum atomic E-state index is -1.33. The van der Waals surface area contributed by atoms with Crippen molar-refractivity contribution in [1.82, 2.24) is 20.1 Å². The molecule has 4 rings (SSSR count). The largest absolute Gasteiger partial charge is 1.00 e. The molecule has 0 aromatic carbocycles. The number of thioether (sulfide) groups is 1. The number of aromatic nitrogens is 1. The molecule has 1 aliphatic carbocycles. The Hall–Kier alpha value is -1.87. The van der Waals surface area contributed by atoms with Crippen LogP contribution in [0.4, 0.5) is 5.13 Å². The monoisotopic (exact) mass is 560 g/mol. The maximum absolute atomic E-state index is 13.2. The van der Waals surface area contributed by atoms with Gasteiger partial charge in [-0.25, -0.2) is 4.98 Å². The van der Waals surface area contributed by atoms with Gasteiger partial charge < -0.3 is 35.6 Å². The second-order valence-corrected chi connectivity index (χ2v) is 12.5. The summed E-state index contributed by atoms with van der Waals surface area (Å²) < 4.78 is -0.769. The number of thiazole rings is 1. The summed E-state index contributed by atoms with van der Waals surface area (Å²) >= 11 is 2.43. The number of β-lactam (4-membered cyclic amide) rings is 1. The van der Waals surface area contributed by atoms with Gasteiger partial charge in [-0.1, -0.05) is 5.16 Å². The Morgan fingerprint density at radius 1 is 1.27 bits per heavy atom. The average molecular weight is 561 g/mol. The first-order valence-electron chi connectivity index (χ1n) is 11.6. The van der Waals surface area contributed by atoms with Crippen molar-refractivity contribution in [3.8, 4) is 0 Å². The summed E-state index contributed by atoms with van der Waals surface area (Å²) in [5, 5.41) is 19.6. The van der Waals surface area contributed by atoms with Gasteiger partial charge in [-0.15, -0.1) is 23.1 Å². The fraction of sp³-hybridized carbons (Fsp3) is 0.636. The fourth-order valence-corrected chi connectivity index (χ4v) is 7.01. The molecule has 1 aromatic rings. The van der Waals surface area contributed by atoms with Crippen LogP contribution in [0, 0.1) is 5.92 Å². The molecule has 0 bridgehead atoms. The summed E-state index contributed by atoms with van der Waals surface area (Å²) in [6.45, 7) is 3.45. The van der Waals surface area contributed by atoms with Gasteiger partial charge in [0.2, 0.25) is 11.8 Å². The van der Waals surface area contributed by atoms with Gasteiger partial charge >= 0.3 is 29.6 Å². The predicted molar refractivity (Wildman–Crippen MR) is 132 cm³/mol. The van der Waals surface area contributed by atoms with Crippen LogP contribution in [0.3, 0.4) is 0 Å². The maximum atomic E-state index is 13.2. The molecule has 3 N–H and O–H groups in total. The van der Waals surface area contributed by atoms with Crippen LogP contribution < -0.4 is 45.7 Å². The third-order valence-electron chi connectivity index (χ3n) is 6.69. The molecule has 3 amide bonds. The minimum absolute atomic E-state index is 0. The summed E-state index contributed by atoms with van der Waals surface area (Å²) in [4.78, 5) is 62.4. The van der Waals surface area contributed by atoms with Crippen LogP contribution in [-0.4, -0.2) is 86.6 Å². The molecule has 15 heteroatoms. The molecule has 0 unspecified atom stereocenters. The van der Waals surface area contributed by atoms with Gasteiger partial charge in [0, 0.05) is 30.1 Å². The number of rotatable bonds is 7. The number of nitrogens with two attached hydrogens (primary N) is 1. The molecule has 3 fully saturated rings. The van der Waals surface area contributed by atoms with Crippen molar-refractivity contribution in [3.63, 3.8) is 0 Å². The summed E-state index contributed by atoms with van der Waals surface area (Å²) in [7, 11) is 3.46. The topological polar surface area (TPSA) is 170 Å². The Morgan fingerprint density at radius 3 is 2.46 bits per heavy atom. The predicted octanol–water partition coefficient (Wildman–Crippen LogP) is -3.61. The first-order chi connectivity index (χ1) is 16.9. The van der Waals surface area contributed by atoms with E-state index in [4.69, 9.17) is 10.6 Å². The van der Waals surface area contributed by atoms with Crippen molar-refractivity contribution in [2.24, 2.45) is 11.1 Å². The summed E-state index contributed by atoms with van der Waals surface area (Å²) in [5.74, 6) is -2.48. The molecule has 12 nitrogen and oxygen atoms in total. The van der Waals surface area contributed by atoms with Gasteiger partial charge in [0.05, 0.1) is 12.0 Å². The number of fused-ring (bicyclic) bond motifs is 1. The number of hydrogen-bond donors (Lipinski definition) is 2. The van der Waals surface area contributed by atoms with E-state index in [1.807, 2.05) is 0 Å². The Balaban J connectivity index is 0.00000380. The molecule has 2 aliphatic heterocycles. The molecule has 3 aliphatic rings. The average Bonchev–Trinajstić information content (AvgIpc) is 3.35. The standard InChI is InChI=1S/C22H30N6O6S2.Na/c1-22(2)15(20(32)33)28-18(31)14(19(28)36-22)25-16(29)13(12-9-35-21(23)24-12)26-34-11-7-5-10(6-8-11)17(30)27(3)4;/h9-11,14-15,19H,5-8H2,1-4H3,(H2,23,24)(H,25,29)(H,32,33);/q;+1/p-1/b26-13-;/t10-,11-,14-,15-,19+;/m0./s1. The van der Waals surface area contributed by atoms with Crippen molar-refractivity contribution in [3.05, 3.63) is 11.1 Å². The van der Waals surface area contributed by atoms with E-state index < -0.39 is 40.0 Å². The smallest absolute Gasteiger partial charge is 0.548 e. The van der Waals surface area contributed by atoms with E-state index in [0.29, 0.717) is 25.7 Å². The third-order valence-corrected chi connectivity index (χ3v) is 8.93. The van der Waals surface area contributed by atoms with Crippen LogP contribution in [0.2, 0.25) is 0 Å². The number of carbonyl (C=O) groups is 4. The van der Waals surface area contributed by atoms with Crippen LogP contribution in [-0.2, 0) is 24.0 Å². The third kappa shape index (κ3) is 5.92. The van der Waals surface area contributed by atoms with Gasteiger partial charge in [0.25, 0.3) is 5.91 Å². The number of nitrogen functional groups attached to an aromatic ring is 1. The summed E-state index contributed by atoms with van der Waals surface area (Å²) in [5.41, 5.74) is 5.83. The van der Waals surface area contributed by atoms with E-state index in [0.717, 1.165) is 11.3 Å².